The lowest BCUT2D eigenvalue weighted by Crippen LogP contribution is -2.27. The summed E-state index contributed by atoms with van der Waals surface area (Å²) in [5.41, 5.74) is 1.89. The molecule has 0 spiro atoms. The fourth-order valence-electron chi connectivity index (χ4n) is 1.61. The Balaban J connectivity index is 2.43. The van der Waals surface area contributed by atoms with Crippen LogP contribution in [0.1, 0.15) is 25.2 Å². The standard InChI is InChI=1S/C11H20ClN3O/c1-5-16-8(2)6-13-7-10-11(12)9(3)14-15(10)4/h8,13H,5-7H2,1-4H3. The molecule has 0 fully saturated rings. The van der Waals surface area contributed by atoms with Crippen molar-refractivity contribution < 1.29 is 4.74 Å². The number of hydrogen-bond donors (Lipinski definition) is 1. The Labute approximate surface area is 102 Å². The average molecular weight is 246 g/mol. The van der Waals surface area contributed by atoms with E-state index in [1.54, 1.807) is 0 Å². The van der Waals surface area contributed by atoms with Gasteiger partial charge in [-0.05, 0) is 20.8 Å². The van der Waals surface area contributed by atoms with Crippen LogP contribution in [0.4, 0.5) is 0 Å². The average Bonchev–Trinajstić information content (AvgIpc) is 2.45. The summed E-state index contributed by atoms with van der Waals surface area (Å²) in [6.07, 6.45) is 0.220. The highest BCUT2D eigenvalue weighted by Crippen LogP contribution is 2.18. The molecule has 0 aromatic carbocycles. The van der Waals surface area contributed by atoms with Crippen molar-refractivity contribution in [3.05, 3.63) is 16.4 Å². The molecule has 1 unspecified atom stereocenters. The number of nitrogens with one attached hydrogen (secondary N) is 1. The highest BCUT2D eigenvalue weighted by atomic mass is 35.5. The van der Waals surface area contributed by atoms with Crippen molar-refractivity contribution in [2.75, 3.05) is 13.2 Å². The molecule has 1 heterocycles. The van der Waals surface area contributed by atoms with Gasteiger partial charge in [0.1, 0.15) is 0 Å². The Morgan fingerprint density at radius 3 is 2.75 bits per heavy atom. The second kappa shape index (κ2) is 6.23. The largest absolute Gasteiger partial charge is 0.377 e. The van der Waals surface area contributed by atoms with Crippen molar-refractivity contribution in [3.8, 4) is 0 Å². The van der Waals surface area contributed by atoms with Gasteiger partial charge in [0.15, 0.2) is 0 Å². The highest BCUT2D eigenvalue weighted by Gasteiger charge is 2.10. The molecule has 0 amide bonds. The summed E-state index contributed by atoms with van der Waals surface area (Å²) in [5, 5.41) is 8.32. The van der Waals surface area contributed by atoms with Gasteiger partial charge in [0.2, 0.25) is 0 Å². The zero-order valence-electron chi connectivity index (χ0n) is 10.4. The molecular formula is C11H20ClN3O. The Kier molecular flexibility index (Phi) is 5.25. The summed E-state index contributed by atoms with van der Waals surface area (Å²) in [6, 6.07) is 0. The molecule has 92 valence electrons. The van der Waals surface area contributed by atoms with Crippen LogP contribution in [0.15, 0.2) is 0 Å². The normalized spacial score (nSPS) is 13.1. The second-order valence-corrected chi connectivity index (χ2v) is 4.24. The van der Waals surface area contributed by atoms with E-state index in [0.29, 0.717) is 6.54 Å². The van der Waals surface area contributed by atoms with E-state index in [4.69, 9.17) is 16.3 Å². The van der Waals surface area contributed by atoms with E-state index in [1.807, 2.05) is 32.5 Å². The van der Waals surface area contributed by atoms with Crippen LogP contribution in [0.5, 0.6) is 0 Å². The van der Waals surface area contributed by atoms with E-state index >= 15 is 0 Å². The molecule has 0 aliphatic rings. The van der Waals surface area contributed by atoms with Crippen LogP contribution in [0.3, 0.4) is 0 Å². The third-order valence-corrected chi connectivity index (χ3v) is 2.93. The quantitative estimate of drug-likeness (QED) is 0.832. The van der Waals surface area contributed by atoms with Gasteiger partial charge in [-0.1, -0.05) is 11.6 Å². The highest BCUT2D eigenvalue weighted by molar-refractivity contribution is 6.31. The topological polar surface area (TPSA) is 39.1 Å². The number of rotatable bonds is 6. The third-order valence-electron chi connectivity index (χ3n) is 2.44. The van der Waals surface area contributed by atoms with Crippen molar-refractivity contribution in [1.82, 2.24) is 15.1 Å². The third kappa shape index (κ3) is 3.47. The minimum Gasteiger partial charge on any atom is -0.377 e. The number of hydrogen-bond acceptors (Lipinski definition) is 3. The molecule has 1 aromatic heterocycles. The van der Waals surface area contributed by atoms with Crippen LogP contribution in [0.25, 0.3) is 0 Å². The first-order chi connectivity index (χ1) is 7.56. The van der Waals surface area contributed by atoms with Crippen LogP contribution < -0.4 is 5.32 Å². The predicted octanol–water partition coefficient (Wildman–Crippen LogP) is 1.90. The first-order valence-corrected chi connectivity index (χ1v) is 5.94. The molecule has 1 N–H and O–H groups in total. The van der Waals surface area contributed by atoms with E-state index in [2.05, 4.69) is 10.4 Å². The molecule has 0 radical (unpaired) electrons. The van der Waals surface area contributed by atoms with Crippen LogP contribution in [0, 0.1) is 6.92 Å². The Morgan fingerprint density at radius 1 is 1.56 bits per heavy atom. The summed E-state index contributed by atoms with van der Waals surface area (Å²) in [5.74, 6) is 0. The second-order valence-electron chi connectivity index (χ2n) is 3.87. The molecule has 1 atom stereocenters. The molecule has 0 aliphatic heterocycles. The van der Waals surface area contributed by atoms with Gasteiger partial charge in [-0.25, -0.2) is 0 Å². The van der Waals surface area contributed by atoms with Crippen LogP contribution in [0.2, 0.25) is 5.02 Å². The lowest BCUT2D eigenvalue weighted by atomic mass is 10.3. The summed E-state index contributed by atoms with van der Waals surface area (Å²) in [7, 11) is 1.90. The minimum atomic E-state index is 0.220. The summed E-state index contributed by atoms with van der Waals surface area (Å²) in [4.78, 5) is 0. The maximum atomic E-state index is 6.14. The molecule has 1 aromatic rings. The van der Waals surface area contributed by atoms with E-state index in [0.717, 1.165) is 29.6 Å². The van der Waals surface area contributed by atoms with Crippen LogP contribution >= 0.6 is 11.6 Å². The Bertz CT molecular complexity index is 338. The van der Waals surface area contributed by atoms with E-state index < -0.39 is 0 Å². The Hall–Kier alpha value is -0.580. The lowest BCUT2D eigenvalue weighted by molar-refractivity contribution is 0.0758. The molecule has 1 rings (SSSR count). The van der Waals surface area contributed by atoms with E-state index in [1.165, 1.54) is 0 Å². The molecule has 0 saturated heterocycles. The van der Waals surface area contributed by atoms with E-state index in [9.17, 15) is 0 Å². The van der Waals surface area contributed by atoms with Crippen molar-refractivity contribution in [3.63, 3.8) is 0 Å². The van der Waals surface area contributed by atoms with Crippen molar-refractivity contribution in [2.24, 2.45) is 7.05 Å². The fourth-order valence-corrected chi connectivity index (χ4v) is 1.84. The first-order valence-electron chi connectivity index (χ1n) is 5.56. The van der Waals surface area contributed by atoms with E-state index in [-0.39, 0.29) is 6.10 Å². The number of ether oxygens (including phenoxy) is 1. The number of halogens is 1. The minimum absolute atomic E-state index is 0.220. The van der Waals surface area contributed by atoms with Gasteiger partial charge >= 0.3 is 0 Å². The monoisotopic (exact) mass is 245 g/mol. The zero-order valence-corrected chi connectivity index (χ0v) is 11.1. The number of nitrogens with zero attached hydrogens (tertiary/aromatic N) is 2. The van der Waals surface area contributed by atoms with Crippen LogP contribution in [-0.2, 0) is 18.3 Å². The van der Waals surface area contributed by atoms with Gasteiger partial charge in [0, 0.05) is 26.7 Å². The van der Waals surface area contributed by atoms with Crippen LogP contribution in [-0.4, -0.2) is 29.0 Å². The molecule has 0 saturated carbocycles. The SMILES string of the molecule is CCOC(C)CNCc1c(Cl)c(C)nn1C. The molecule has 4 nitrogen and oxygen atoms in total. The fraction of sp³-hybridized carbons (Fsp3) is 0.727. The van der Waals surface area contributed by atoms with Crippen molar-refractivity contribution >= 4 is 11.6 Å². The van der Waals surface area contributed by atoms with Crippen molar-refractivity contribution in [2.45, 2.75) is 33.4 Å². The smallest absolute Gasteiger partial charge is 0.0860 e. The summed E-state index contributed by atoms with van der Waals surface area (Å²) in [6.45, 7) is 8.23. The van der Waals surface area contributed by atoms with Gasteiger partial charge in [0.25, 0.3) is 0 Å². The molecule has 0 bridgehead atoms. The summed E-state index contributed by atoms with van der Waals surface area (Å²) < 4.78 is 7.24. The van der Waals surface area contributed by atoms with Crippen molar-refractivity contribution in [1.29, 1.82) is 0 Å². The molecule has 5 heteroatoms. The zero-order chi connectivity index (χ0) is 12.1. The maximum Gasteiger partial charge on any atom is 0.0860 e. The number of aromatic nitrogens is 2. The molecule has 16 heavy (non-hydrogen) atoms. The summed E-state index contributed by atoms with van der Waals surface area (Å²) >= 11 is 6.14. The molecule has 0 aliphatic carbocycles. The van der Waals surface area contributed by atoms with Gasteiger partial charge in [-0.3, -0.25) is 4.68 Å². The maximum absolute atomic E-state index is 6.14. The van der Waals surface area contributed by atoms with Gasteiger partial charge in [0.05, 0.1) is 22.5 Å². The van der Waals surface area contributed by atoms with Gasteiger partial charge < -0.3 is 10.1 Å². The van der Waals surface area contributed by atoms with Gasteiger partial charge in [-0.15, -0.1) is 0 Å². The predicted molar refractivity (Wildman–Crippen MR) is 65.7 cm³/mol. The number of aryl methyl sites for hydroxylation is 2. The van der Waals surface area contributed by atoms with Gasteiger partial charge in [-0.2, -0.15) is 5.10 Å². The first kappa shape index (κ1) is 13.5. The molecular weight excluding hydrogens is 226 g/mol. The lowest BCUT2D eigenvalue weighted by Gasteiger charge is -2.12. The Morgan fingerprint density at radius 2 is 2.25 bits per heavy atom.